The fourth-order valence-electron chi connectivity index (χ4n) is 5.20. The summed E-state index contributed by atoms with van der Waals surface area (Å²) < 4.78 is 5.82. The number of para-hydroxylation sites is 2. The SMILES string of the molecule is CCC(N/C(C)=C1\C(=O)C=C2Oc3c(C(C)=O)c(O)c(C)c(O)c3[C@@]2(C)C1=O)c1nc2ccccc2[nH]1. The lowest BCUT2D eigenvalue weighted by atomic mass is 9.70. The van der Waals surface area contributed by atoms with Crippen LogP contribution in [0.15, 0.2) is 47.4 Å². The Labute approximate surface area is 212 Å². The number of Topliss-reactive ketones (excluding diaryl/α,β-unsaturated/α-hetero) is 2. The molecule has 2 aliphatic rings. The van der Waals surface area contributed by atoms with Crippen molar-refractivity contribution >= 4 is 28.4 Å². The lowest BCUT2D eigenvalue weighted by molar-refractivity contribution is -0.123. The Morgan fingerprint density at radius 3 is 2.54 bits per heavy atom. The highest BCUT2D eigenvalue weighted by Gasteiger charge is 2.56. The van der Waals surface area contributed by atoms with Crippen LogP contribution in [0.1, 0.15) is 67.5 Å². The second kappa shape index (κ2) is 8.33. The Kier molecular flexibility index (Phi) is 5.47. The van der Waals surface area contributed by atoms with Gasteiger partial charge in [-0.25, -0.2) is 4.98 Å². The molecule has 1 aliphatic heterocycles. The molecule has 190 valence electrons. The van der Waals surface area contributed by atoms with Gasteiger partial charge in [-0.1, -0.05) is 19.1 Å². The molecule has 1 aromatic heterocycles. The second-order valence-corrected chi connectivity index (χ2v) is 9.63. The van der Waals surface area contributed by atoms with Crippen LogP contribution >= 0.6 is 0 Å². The van der Waals surface area contributed by atoms with Crippen molar-refractivity contribution in [2.45, 2.75) is 52.5 Å². The van der Waals surface area contributed by atoms with E-state index in [4.69, 9.17) is 4.74 Å². The summed E-state index contributed by atoms with van der Waals surface area (Å²) >= 11 is 0. The average molecular weight is 502 g/mol. The number of fused-ring (bicyclic) bond motifs is 4. The van der Waals surface area contributed by atoms with Crippen molar-refractivity contribution in [3.8, 4) is 17.2 Å². The number of ether oxygens (including phenoxy) is 1. The maximum atomic E-state index is 14.0. The molecule has 0 bridgehead atoms. The van der Waals surface area contributed by atoms with E-state index in [1.165, 1.54) is 19.9 Å². The zero-order chi connectivity index (χ0) is 26.8. The molecule has 37 heavy (non-hydrogen) atoms. The van der Waals surface area contributed by atoms with Gasteiger partial charge in [-0.2, -0.15) is 0 Å². The number of aromatic nitrogens is 2. The standard InChI is InChI=1S/C28H27N3O6/c1-6-15(27-30-16-9-7-8-10-17(16)31-27)29-13(3)20-18(33)11-19-28(5,26(20)36)22-24(35)12(2)23(34)21(14(4)32)25(22)37-19/h7-11,15,29,34-35H,6H2,1-5H3,(H,30,31)/b20-13+/t15?,28-/m0/s1. The highest BCUT2D eigenvalue weighted by molar-refractivity contribution is 6.31. The number of rotatable bonds is 5. The van der Waals surface area contributed by atoms with Crippen molar-refractivity contribution in [2.75, 3.05) is 0 Å². The van der Waals surface area contributed by atoms with Gasteiger partial charge in [-0.3, -0.25) is 14.4 Å². The van der Waals surface area contributed by atoms with Crippen LogP contribution in [-0.4, -0.2) is 37.5 Å². The molecular formula is C28H27N3O6. The maximum Gasteiger partial charge on any atom is 0.194 e. The fraction of sp³-hybridized carbons (Fsp3) is 0.286. The molecule has 3 aromatic rings. The van der Waals surface area contributed by atoms with Crippen LogP contribution in [0.4, 0.5) is 0 Å². The fourth-order valence-corrected chi connectivity index (χ4v) is 5.20. The minimum atomic E-state index is -1.56. The summed E-state index contributed by atoms with van der Waals surface area (Å²) in [5, 5.41) is 24.8. The molecule has 2 atom stereocenters. The number of aromatic amines is 1. The number of nitrogens with zero attached hydrogens (tertiary/aromatic N) is 1. The van der Waals surface area contributed by atoms with Crippen molar-refractivity contribution in [1.82, 2.24) is 15.3 Å². The summed E-state index contributed by atoms with van der Waals surface area (Å²) in [5.74, 6) is -1.84. The van der Waals surface area contributed by atoms with E-state index in [2.05, 4.69) is 15.3 Å². The first kappa shape index (κ1) is 24.3. The Morgan fingerprint density at radius 1 is 1.19 bits per heavy atom. The van der Waals surface area contributed by atoms with E-state index in [0.717, 1.165) is 11.0 Å². The van der Waals surface area contributed by atoms with Gasteiger partial charge in [-0.05, 0) is 46.2 Å². The van der Waals surface area contributed by atoms with E-state index in [-0.39, 0.29) is 45.6 Å². The molecule has 0 saturated carbocycles. The molecule has 2 aromatic carbocycles. The molecule has 1 aliphatic carbocycles. The highest BCUT2D eigenvalue weighted by atomic mass is 16.5. The van der Waals surface area contributed by atoms with Gasteiger partial charge in [-0.15, -0.1) is 0 Å². The topological polar surface area (TPSA) is 142 Å². The van der Waals surface area contributed by atoms with E-state index in [1.54, 1.807) is 13.8 Å². The first-order valence-electron chi connectivity index (χ1n) is 12.0. The number of aromatic hydroxyl groups is 2. The Bertz CT molecular complexity index is 1560. The van der Waals surface area contributed by atoms with Crippen LogP contribution < -0.4 is 10.1 Å². The summed E-state index contributed by atoms with van der Waals surface area (Å²) in [6.07, 6.45) is 1.83. The molecule has 1 unspecified atom stereocenters. The van der Waals surface area contributed by atoms with Crippen molar-refractivity contribution in [3.63, 3.8) is 0 Å². The number of hydrogen-bond acceptors (Lipinski definition) is 8. The molecule has 9 heteroatoms. The minimum absolute atomic E-state index is 0.00109. The predicted octanol–water partition coefficient (Wildman–Crippen LogP) is 4.19. The van der Waals surface area contributed by atoms with Crippen molar-refractivity contribution in [3.05, 3.63) is 69.9 Å². The first-order chi connectivity index (χ1) is 17.5. The summed E-state index contributed by atoms with van der Waals surface area (Å²) in [7, 11) is 0. The molecule has 0 spiro atoms. The molecule has 5 rings (SSSR count). The number of nitrogens with one attached hydrogen (secondary N) is 2. The van der Waals surface area contributed by atoms with E-state index in [1.807, 2.05) is 31.2 Å². The lowest BCUT2D eigenvalue weighted by Crippen LogP contribution is -2.41. The van der Waals surface area contributed by atoms with Crippen LogP contribution in [0.25, 0.3) is 11.0 Å². The van der Waals surface area contributed by atoms with Gasteiger partial charge >= 0.3 is 0 Å². The Morgan fingerprint density at radius 2 is 1.89 bits per heavy atom. The monoisotopic (exact) mass is 501 g/mol. The second-order valence-electron chi connectivity index (χ2n) is 9.63. The number of imidazole rings is 1. The van der Waals surface area contributed by atoms with Gasteiger partial charge in [0.2, 0.25) is 0 Å². The number of H-pyrrole nitrogens is 1. The molecule has 0 radical (unpaired) electrons. The van der Waals surface area contributed by atoms with Crippen LogP contribution in [0, 0.1) is 6.92 Å². The van der Waals surface area contributed by atoms with Crippen LogP contribution in [-0.2, 0) is 15.0 Å². The largest absolute Gasteiger partial charge is 0.507 e. The molecule has 0 amide bonds. The smallest absolute Gasteiger partial charge is 0.194 e. The van der Waals surface area contributed by atoms with Crippen LogP contribution in [0.3, 0.4) is 0 Å². The zero-order valence-corrected chi connectivity index (χ0v) is 21.1. The Balaban J connectivity index is 1.61. The number of hydrogen-bond donors (Lipinski definition) is 4. The number of allylic oxidation sites excluding steroid dienone is 4. The molecule has 2 heterocycles. The van der Waals surface area contributed by atoms with Gasteiger partial charge in [0.1, 0.15) is 39.8 Å². The van der Waals surface area contributed by atoms with E-state index in [9.17, 15) is 24.6 Å². The van der Waals surface area contributed by atoms with E-state index >= 15 is 0 Å². The minimum Gasteiger partial charge on any atom is -0.507 e. The van der Waals surface area contributed by atoms with E-state index < -0.39 is 28.5 Å². The summed E-state index contributed by atoms with van der Waals surface area (Å²) in [6, 6.07) is 7.32. The van der Waals surface area contributed by atoms with Crippen LogP contribution in [0.2, 0.25) is 0 Å². The molecule has 9 nitrogen and oxygen atoms in total. The third kappa shape index (κ3) is 3.37. The first-order valence-corrected chi connectivity index (χ1v) is 12.0. The normalized spacial score (nSPS) is 20.7. The van der Waals surface area contributed by atoms with Crippen molar-refractivity contribution in [1.29, 1.82) is 0 Å². The van der Waals surface area contributed by atoms with Gasteiger partial charge in [0.15, 0.2) is 17.3 Å². The van der Waals surface area contributed by atoms with E-state index in [0.29, 0.717) is 17.9 Å². The number of benzene rings is 2. The number of phenols is 2. The van der Waals surface area contributed by atoms with Gasteiger partial charge < -0.3 is 25.3 Å². The third-order valence-corrected chi connectivity index (χ3v) is 7.30. The van der Waals surface area contributed by atoms with Gasteiger partial charge in [0.25, 0.3) is 0 Å². The lowest BCUT2D eigenvalue weighted by Gasteiger charge is -2.29. The predicted molar refractivity (Wildman–Crippen MR) is 136 cm³/mol. The number of carbonyl (C=O) groups excluding carboxylic acids is 3. The summed E-state index contributed by atoms with van der Waals surface area (Å²) in [4.78, 5) is 47.5. The zero-order valence-electron chi connectivity index (χ0n) is 21.1. The van der Waals surface area contributed by atoms with Gasteiger partial charge in [0, 0.05) is 17.3 Å². The quantitative estimate of drug-likeness (QED) is 0.232. The van der Waals surface area contributed by atoms with Crippen LogP contribution in [0.5, 0.6) is 17.2 Å². The summed E-state index contributed by atoms with van der Waals surface area (Å²) in [6.45, 7) is 7.86. The van der Waals surface area contributed by atoms with Crippen molar-refractivity contribution in [2.24, 2.45) is 0 Å². The number of phenolic OH excluding ortho intramolecular Hbond substituents is 2. The number of carbonyl (C=O) groups is 3. The van der Waals surface area contributed by atoms with Crippen molar-refractivity contribution < 1.29 is 29.3 Å². The summed E-state index contributed by atoms with van der Waals surface area (Å²) in [5.41, 5.74) is 0.378. The third-order valence-electron chi connectivity index (χ3n) is 7.30. The number of ketones is 3. The average Bonchev–Trinajstić information content (AvgIpc) is 3.40. The molecule has 0 saturated heterocycles. The maximum absolute atomic E-state index is 14.0. The molecule has 0 fully saturated rings. The van der Waals surface area contributed by atoms with Gasteiger partial charge in [0.05, 0.1) is 28.2 Å². The molecule has 4 N–H and O–H groups in total. The highest BCUT2D eigenvalue weighted by Crippen LogP contribution is 2.57. The molecular weight excluding hydrogens is 474 g/mol. The Hall–Kier alpha value is -4.40.